The SMILES string of the molecule is NCC(O)c1nn2c(C3CCCCC3)nnc2s1. The van der Waals surface area contributed by atoms with E-state index in [4.69, 9.17) is 5.73 Å². The monoisotopic (exact) mass is 267 g/mol. The number of hydrogen-bond acceptors (Lipinski definition) is 6. The van der Waals surface area contributed by atoms with Crippen LogP contribution in [0, 0.1) is 0 Å². The first kappa shape index (κ1) is 12.0. The van der Waals surface area contributed by atoms with Crippen LogP contribution in [-0.4, -0.2) is 31.5 Å². The molecule has 0 aromatic carbocycles. The van der Waals surface area contributed by atoms with Gasteiger partial charge in [0.2, 0.25) is 4.96 Å². The van der Waals surface area contributed by atoms with Gasteiger partial charge in [0.15, 0.2) is 5.82 Å². The molecule has 3 N–H and O–H groups in total. The number of aliphatic hydroxyl groups excluding tert-OH is 1. The number of aliphatic hydroxyl groups is 1. The Hall–Kier alpha value is -1.05. The van der Waals surface area contributed by atoms with Crippen molar-refractivity contribution in [2.75, 3.05) is 6.54 Å². The summed E-state index contributed by atoms with van der Waals surface area (Å²) in [6, 6.07) is 0. The molecule has 2 aromatic rings. The third kappa shape index (κ3) is 2.02. The summed E-state index contributed by atoms with van der Waals surface area (Å²) in [6.45, 7) is 0.183. The van der Waals surface area contributed by atoms with Crippen LogP contribution in [0.3, 0.4) is 0 Å². The summed E-state index contributed by atoms with van der Waals surface area (Å²) < 4.78 is 1.79. The van der Waals surface area contributed by atoms with E-state index < -0.39 is 6.10 Å². The van der Waals surface area contributed by atoms with Crippen LogP contribution in [0.2, 0.25) is 0 Å². The third-order valence-electron chi connectivity index (χ3n) is 3.51. The Morgan fingerprint density at radius 2 is 2.11 bits per heavy atom. The van der Waals surface area contributed by atoms with E-state index in [0.717, 1.165) is 23.6 Å². The molecule has 1 aliphatic carbocycles. The van der Waals surface area contributed by atoms with E-state index in [1.807, 2.05) is 0 Å². The third-order valence-corrected chi connectivity index (χ3v) is 4.51. The molecule has 2 heterocycles. The molecule has 2 aromatic heterocycles. The quantitative estimate of drug-likeness (QED) is 0.873. The van der Waals surface area contributed by atoms with Crippen molar-refractivity contribution in [2.24, 2.45) is 5.73 Å². The molecule has 1 unspecified atom stereocenters. The molecule has 7 heteroatoms. The van der Waals surface area contributed by atoms with E-state index >= 15 is 0 Å². The van der Waals surface area contributed by atoms with E-state index in [0.29, 0.717) is 10.9 Å². The highest BCUT2D eigenvalue weighted by atomic mass is 32.1. The molecule has 18 heavy (non-hydrogen) atoms. The van der Waals surface area contributed by atoms with Crippen molar-refractivity contribution in [2.45, 2.75) is 44.1 Å². The number of aromatic nitrogens is 4. The highest BCUT2D eigenvalue weighted by Gasteiger charge is 2.23. The highest BCUT2D eigenvalue weighted by Crippen LogP contribution is 2.32. The molecule has 1 aliphatic rings. The fourth-order valence-electron chi connectivity index (χ4n) is 2.50. The molecular weight excluding hydrogens is 250 g/mol. The van der Waals surface area contributed by atoms with Crippen LogP contribution in [0.5, 0.6) is 0 Å². The van der Waals surface area contributed by atoms with E-state index in [2.05, 4.69) is 15.3 Å². The molecular formula is C11H17N5OS. The van der Waals surface area contributed by atoms with Gasteiger partial charge in [0.1, 0.15) is 11.1 Å². The van der Waals surface area contributed by atoms with Crippen LogP contribution in [0.25, 0.3) is 4.96 Å². The van der Waals surface area contributed by atoms with Crippen molar-refractivity contribution in [1.82, 2.24) is 19.8 Å². The number of rotatable bonds is 3. The largest absolute Gasteiger partial charge is 0.385 e. The number of hydrogen-bond donors (Lipinski definition) is 2. The zero-order valence-electron chi connectivity index (χ0n) is 10.1. The van der Waals surface area contributed by atoms with Crippen LogP contribution in [0.15, 0.2) is 0 Å². The Labute approximate surface area is 109 Å². The maximum Gasteiger partial charge on any atom is 0.234 e. The molecule has 0 bridgehead atoms. The first-order valence-corrected chi connectivity index (χ1v) is 7.21. The smallest absolute Gasteiger partial charge is 0.234 e. The second kappa shape index (κ2) is 4.91. The van der Waals surface area contributed by atoms with Gasteiger partial charge in [-0.15, -0.1) is 10.2 Å². The normalized spacial score (nSPS) is 19.4. The van der Waals surface area contributed by atoms with Crippen molar-refractivity contribution in [1.29, 1.82) is 0 Å². The van der Waals surface area contributed by atoms with Crippen LogP contribution >= 0.6 is 11.3 Å². The zero-order chi connectivity index (χ0) is 12.5. The van der Waals surface area contributed by atoms with Gasteiger partial charge in [-0.1, -0.05) is 30.6 Å². The van der Waals surface area contributed by atoms with Gasteiger partial charge in [-0.05, 0) is 12.8 Å². The van der Waals surface area contributed by atoms with Crippen LogP contribution < -0.4 is 5.73 Å². The van der Waals surface area contributed by atoms with Crippen molar-refractivity contribution in [3.63, 3.8) is 0 Å². The minimum atomic E-state index is -0.698. The molecule has 1 atom stereocenters. The summed E-state index contributed by atoms with van der Waals surface area (Å²) >= 11 is 1.36. The molecule has 0 aliphatic heterocycles. The summed E-state index contributed by atoms with van der Waals surface area (Å²) in [5, 5.41) is 23.1. The standard InChI is InChI=1S/C11H17N5OS/c12-6-8(17)10-15-16-9(13-14-11(16)18-10)7-4-2-1-3-5-7/h7-8,17H,1-6,12H2. The molecule has 1 fully saturated rings. The van der Waals surface area contributed by atoms with Gasteiger partial charge in [0, 0.05) is 12.5 Å². The van der Waals surface area contributed by atoms with E-state index in [1.54, 1.807) is 4.52 Å². The van der Waals surface area contributed by atoms with Gasteiger partial charge in [-0.25, -0.2) is 0 Å². The molecule has 0 amide bonds. The molecule has 1 saturated carbocycles. The average Bonchev–Trinajstić information content (AvgIpc) is 2.98. The summed E-state index contributed by atoms with van der Waals surface area (Å²) in [6.07, 6.45) is 5.44. The average molecular weight is 267 g/mol. The number of nitrogens with two attached hydrogens (primary N) is 1. The second-order valence-electron chi connectivity index (χ2n) is 4.78. The number of fused-ring (bicyclic) bond motifs is 1. The molecule has 98 valence electrons. The predicted molar refractivity (Wildman–Crippen MR) is 68.5 cm³/mol. The first-order valence-electron chi connectivity index (χ1n) is 6.39. The van der Waals surface area contributed by atoms with E-state index in [-0.39, 0.29) is 6.54 Å². The van der Waals surface area contributed by atoms with E-state index in [9.17, 15) is 5.11 Å². The van der Waals surface area contributed by atoms with Crippen molar-refractivity contribution < 1.29 is 5.11 Å². The minimum absolute atomic E-state index is 0.183. The highest BCUT2D eigenvalue weighted by molar-refractivity contribution is 7.16. The maximum atomic E-state index is 9.71. The van der Waals surface area contributed by atoms with Gasteiger partial charge in [-0.2, -0.15) is 9.61 Å². The zero-order valence-corrected chi connectivity index (χ0v) is 10.9. The Kier molecular flexibility index (Phi) is 3.27. The molecule has 0 radical (unpaired) electrons. The fourth-order valence-corrected chi connectivity index (χ4v) is 3.34. The molecule has 0 spiro atoms. The summed E-state index contributed by atoms with van der Waals surface area (Å²) in [7, 11) is 0. The van der Waals surface area contributed by atoms with Gasteiger partial charge in [0.05, 0.1) is 0 Å². The lowest BCUT2D eigenvalue weighted by atomic mass is 9.89. The lowest BCUT2D eigenvalue weighted by Crippen LogP contribution is -2.13. The van der Waals surface area contributed by atoms with Crippen molar-refractivity contribution in [3.8, 4) is 0 Å². The lowest BCUT2D eigenvalue weighted by molar-refractivity contribution is 0.185. The van der Waals surface area contributed by atoms with Crippen molar-refractivity contribution in [3.05, 3.63) is 10.8 Å². The molecule has 0 saturated heterocycles. The number of nitrogens with zero attached hydrogens (tertiary/aromatic N) is 4. The van der Waals surface area contributed by atoms with E-state index in [1.165, 1.54) is 30.6 Å². The summed E-state index contributed by atoms with van der Waals surface area (Å²) in [4.78, 5) is 0.748. The Balaban J connectivity index is 1.94. The Morgan fingerprint density at radius 1 is 1.33 bits per heavy atom. The lowest BCUT2D eigenvalue weighted by Gasteiger charge is -2.18. The molecule has 3 rings (SSSR count). The Morgan fingerprint density at radius 3 is 2.83 bits per heavy atom. The van der Waals surface area contributed by atoms with Crippen LogP contribution in [0.4, 0.5) is 0 Å². The first-order chi connectivity index (χ1) is 8.79. The van der Waals surface area contributed by atoms with Gasteiger partial charge in [-0.3, -0.25) is 0 Å². The second-order valence-corrected chi connectivity index (χ2v) is 5.77. The van der Waals surface area contributed by atoms with Crippen LogP contribution in [0.1, 0.15) is 55.0 Å². The summed E-state index contributed by atoms with van der Waals surface area (Å²) in [5.74, 6) is 1.40. The van der Waals surface area contributed by atoms with Crippen molar-refractivity contribution >= 4 is 16.3 Å². The summed E-state index contributed by atoms with van der Waals surface area (Å²) in [5.41, 5.74) is 5.45. The van der Waals surface area contributed by atoms with Crippen LogP contribution in [-0.2, 0) is 0 Å². The topological polar surface area (TPSA) is 89.3 Å². The molecule has 6 nitrogen and oxygen atoms in total. The predicted octanol–water partition coefficient (Wildman–Crippen LogP) is 1.23. The maximum absolute atomic E-state index is 9.71. The van der Waals surface area contributed by atoms with Gasteiger partial charge >= 0.3 is 0 Å². The Bertz CT molecular complexity index is 531. The fraction of sp³-hybridized carbons (Fsp3) is 0.727. The van der Waals surface area contributed by atoms with Gasteiger partial charge < -0.3 is 10.8 Å². The van der Waals surface area contributed by atoms with Gasteiger partial charge in [0.25, 0.3) is 0 Å². The minimum Gasteiger partial charge on any atom is -0.385 e.